The van der Waals surface area contributed by atoms with Crippen LogP contribution < -0.4 is 5.32 Å². The number of hydrogen-bond acceptors (Lipinski definition) is 3. The number of rotatable bonds is 9. The van der Waals surface area contributed by atoms with Crippen LogP contribution in [0.4, 0.5) is 13.2 Å². The molecule has 1 saturated carbocycles. The van der Waals surface area contributed by atoms with Gasteiger partial charge >= 0.3 is 6.18 Å². The average molecular weight is 324 g/mol. The molecule has 0 aromatic heterocycles. The number of nitrogens with zero attached hydrogens (tertiary/aromatic N) is 1. The zero-order valence-corrected chi connectivity index (χ0v) is 13.3. The van der Waals surface area contributed by atoms with Crippen LogP contribution in [0.3, 0.4) is 0 Å². The molecule has 0 spiro atoms. The number of carbonyl (C=O) groups is 1. The maximum Gasteiger partial charge on any atom is 0.411 e. The Morgan fingerprint density at radius 1 is 1.27 bits per heavy atom. The van der Waals surface area contributed by atoms with E-state index in [1.165, 1.54) is 32.1 Å². The van der Waals surface area contributed by atoms with E-state index >= 15 is 0 Å². The molecule has 0 aromatic carbocycles. The molecule has 130 valence electrons. The number of carbonyl (C=O) groups excluding carboxylic acids is 1. The van der Waals surface area contributed by atoms with Gasteiger partial charge in [-0.15, -0.1) is 0 Å². The monoisotopic (exact) mass is 324 g/mol. The van der Waals surface area contributed by atoms with E-state index in [-0.39, 0.29) is 18.9 Å². The number of ether oxygens (including phenoxy) is 1. The van der Waals surface area contributed by atoms with Crippen molar-refractivity contribution in [3.05, 3.63) is 0 Å². The van der Waals surface area contributed by atoms with Gasteiger partial charge in [0.1, 0.15) is 6.61 Å². The third-order valence-corrected chi connectivity index (χ3v) is 3.95. The van der Waals surface area contributed by atoms with E-state index in [1.807, 2.05) is 0 Å². The van der Waals surface area contributed by atoms with Crippen LogP contribution in [-0.4, -0.2) is 56.4 Å². The molecule has 22 heavy (non-hydrogen) atoms. The predicted octanol–water partition coefficient (Wildman–Crippen LogP) is 2.73. The fraction of sp³-hybridized carbons (Fsp3) is 0.933. The Labute approximate surface area is 130 Å². The van der Waals surface area contributed by atoms with E-state index in [9.17, 15) is 18.0 Å². The van der Waals surface area contributed by atoms with Crippen molar-refractivity contribution < 1.29 is 22.7 Å². The average Bonchev–Trinajstić information content (AvgIpc) is 2.48. The minimum absolute atomic E-state index is 0.0332. The second-order valence-electron chi connectivity index (χ2n) is 5.89. The minimum Gasteiger partial charge on any atom is -0.372 e. The third-order valence-electron chi connectivity index (χ3n) is 3.95. The van der Waals surface area contributed by atoms with Gasteiger partial charge in [-0.3, -0.25) is 4.79 Å². The van der Waals surface area contributed by atoms with Crippen LogP contribution in [0, 0.1) is 0 Å². The van der Waals surface area contributed by atoms with E-state index in [1.54, 1.807) is 0 Å². The van der Waals surface area contributed by atoms with E-state index in [0.29, 0.717) is 12.6 Å². The molecule has 1 aliphatic rings. The third kappa shape index (κ3) is 9.25. The molecule has 1 fully saturated rings. The summed E-state index contributed by atoms with van der Waals surface area (Å²) in [6.07, 6.45) is 2.90. The van der Waals surface area contributed by atoms with Crippen molar-refractivity contribution in [3.8, 4) is 0 Å². The lowest BCUT2D eigenvalue weighted by atomic mass is 9.94. The summed E-state index contributed by atoms with van der Waals surface area (Å²) in [4.78, 5) is 13.8. The van der Waals surface area contributed by atoms with Crippen LogP contribution in [0.25, 0.3) is 0 Å². The summed E-state index contributed by atoms with van der Waals surface area (Å²) in [5.41, 5.74) is 0. The van der Waals surface area contributed by atoms with Gasteiger partial charge in [0.05, 0.1) is 6.61 Å². The minimum atomic E-state index is -4.33. The summed E-state index contributed by atoms with van der Waals surface area (Å²) in [5, 5.41) is 2.71. The molecule has 0 unspecified atom stereocenters. The van der Waals surface area contributed by atoms with Crippen LogP contribution in [0.5, 0.6) is 0 Å². The van der Waals surface area contributed by atoms with E-state index in [4.69, 9.17) is 0 Å². The molecular formula is C15H27F3N2O2. The maximum absolute atomic E-state index is 11.8. The molecule has 0 radical (unpaired) electrons. The molecule has 7 heteroatoms. The quantitative estimate of drug-likeness (QED) is 0.663. The van der Waals surface area contributed by atoms with Crippen LogP contribution in [0.2, 0.25) is 0 Å². The van der Waals surface area contributed by atoms with Crippen LogP contribution >= 0.6 is 0 Å². The Balaban J connectivity index is 1.98. The molecule has 1 aliphatic carbocycles. The highest BCUT2D eigenvalue weighted by atomic mass is 19.4. The first kappa shape index (κ1) is 19.2. The highest BCUT2D eigenvalue weighted by Crippen LogP contribution is 2.21. The molecule has 4 nitrogen and oxygen atoms in total. The first-order chi connectivity index (χ1) is 10.4. The normalized spacial score (nSPS) is 17.0. The zero-order valence-electron chi connectivity index (χ0n) is 13.3. The van der Waals surface area contributed by atoms with Crippen molar-refractivity contribution in [2.75, 3.05) is 33.4 Å². The van der Waals surface area contributed by atoms with Crippen LogP contribution in [0.1, 0.15) is 44.9 Å². The molecule has 0 atom stereocenters. The number of halogens is 3. The number of amides is 1. The van der Waals surface area contributed by atoms with Crippen LogP contribution in [0.15, 0.2) is 0 Å². The largest absolute Gasteiger partial charge is 0.411 e. The molecule has 0 saturated heterocycles. The first-order valence-electron chi connectivity index (χ1n) is 8.00. The van der Waals surface area contributed by atoms with Crippen molar-refractivity contribution in [3.63, 3.8) is 0 Å². The summed E-state index contributed by atoms with van der Waals surface area (Å²) in [7, 11) is 2.11. The fourth-order valence-electron chi connectivity index (χ4n) is 2.70. The van der Waals surface area contributed by atoms with Gasteiger partial charge in [-0.1, -0.05) is 19.3 Å². The fourth-order valence-corrected chi connectivity index (χ4v) is 2.70. The maximum atomic E-state index is 11.8. The Morgan fingerprint density at radius 2 is 1.95 bits per heavy atom. The SMILES string of the molecule is CN(CCCNC(=O)CCOCC(F)(F)F)C1CCCCC1. The second kappa shape index (κ2) is 10.0. The van der Waals surface area contributed by atoms with Gasteiger partial charge in [-0.05, 0) is 32.9 Å². The topological polar surface area (TPSA) is 41.6 Å². The second-order valence-corrected chi connectivity index (χ2v) is 5.89. The molecule has 1 N–H and O–H groups in total. The van der Waals surface area contributed by atoms with E-state index in [0.717, 1.165) is 13.0 Å². The van der Waals surface area contributed by atoms with E-state index < -0.39 is 12.8 Å². The standard InChI is InChI=1S/C15H27F3N2O2/c1-20(13-6-3-2-4-7-13)10-5-9-19-14(21)8-11-22-12-15(16,17)18/h13H,2-12H2,1H3,(H,19,21). The molecule has 0 aliphatic heterocycles. The first-order valence-corrected chi connectivity index (χ1v) is 8.00. The molecule has 0 heterocycles. The molecule has 1 amide bonds. The highest BCUT2D eigenvalue weighted by molar-refractivity contribution is 5.75. The van der Waals surface area contributed by atoms with Crippen LogP contribution in [-0.2, 0) is 9.53 Å². The zero-order chi connectivity index (χ0) is 16.4. The summed E-state index contributed by atoms with van der Waals surface area (Å²) >= 11 is 0. The smallest absolute Gasteiger partial charge is 0.372 e. The van der Waals surface area contributed by atoms with Crippen molar-refractivity contribution in [1.82, 2.24) is 10.2 Å². The lowest BCUT2D eigenvalue weighted by Crippen LogP contribution is -2.36. The van der Waals surface area contributed by atoms with Crippen molar-refractivity contribution in [2.45, 2.75) is 57.2 Å². The molecule has 1 rings (SSSR count). The lowest BCUT2D eigenvalue weighted by Gasteiger charge is -2.31. The van der Waals surface area contributed by atoms with Gasteiger partial charge in [0.15, 0.2) is 0 Å². The van der Waals surface area contributed by atoms with Gasteiger partial charge < -0.3 is 15.0 Å². The highest BCUT2D eigenvalue weighted by Gasteiger charge is 2.27. The summed E-state index contributed by atoms with van der Waals surface area (Å²) in [6, 6.07) is 0.653. The molecular weight excluding hydrogens is 297 g/mol. The molecule has 0 bridgehead atoms. The Bertz CT molecular complexity index is 318. The van der Waals surface area contributed by atoms with Gasteiger partial charge in [0.2, 0.25) is 5.91 Å². The summed E-state index contributed by atoms with van der Waals surface area (Å²) in [5.74, 6) is -0.262. The van der Waals surface area contributed by atoms with Crippen molar-refractivity contribution >= 4 is 5.91 Å². The summed E-state index contributed by atoms with van der Waals surface area (Å²) < 4.78 is 39.9. The Morgan fingerprint density at radius 3 is 2.59 bits per heavy atom. The van der Waals surface area contributed by atoms with Gasteiger partial charge in [-0.25, -0.2) is 0 Å². The number of alkyl halides is 3. The summed E-state index contributed by atoms with van der Waals surface area (Å²) in [6.45, 7) is -0.0233. The Kier molecular flexibility index (Phi) is 8.78. The lowest BCUT2D eigenvalue weighted by molar-refractivity contribution is -0.174. The van der Waals surface area contributed by atoms with Gasteiger partial charge in [0.25, 0.3) is 0 Å². The van der Waals surface area contributed by atoms with Crippen molar-refractivity contribution in [2.24, 2.45) is 0 Å². The Hall–Kier alpha value is -0.820. The number of hydrogen-bond donors (Lipinski definition) is 1. The van der Waals surface area contributed by atoms with Crippen molar-refractivity contribution in [1.29, 1.82) is 0 Å². The predicted molar refractivity (Wildman–Crippen MR) is 78.6 cm³/mol. The number of nitrogens with one attached hydrogen (secondary N) is 1. The van der Waals surface area contributed by atoms with Gasteiger partial charge in [-0.2, -0.15) is 13.2 Å². The molecule has 0 aromatic rings. The van der Waals surface area contributed by atoms with E-state index in [2.05, 4.69) is 22.0 Å². The van der Waals surface area contributed by atoms with Gasteiger partial charge in [0, 0.05) is 19.0 Å².